The molecule has 1 aliphatic carbocycles. The minimum Gasteiger partial charge on any atom is -0.0675 e. The zero-order chi connectivity index (χ0) is 16.0. The summed E-state index contributed by atoms with van der Waals surface area (Å²) in [6, 6.07) is 22.1. The van der Waals surface area contributed by atoms with Crippen molar-refractivity contribution in [2.24, 2.45) is 0 Å². The molecule has 1 heteroatoms. The Kier molecular flexibility index (Phi) is 3.42. The lowest BCUT2D eigenvalue weighted by Gasteiger charge is -2.30. The molecule has 3 aromatic rings. The highest BCUT2D eigenvalue weighted by Gasteiger charge is 2.35. The minimum atomic E-state index is -1.38. The Labute approximate surface area is 139 Å². The van der Waals surface area contributed by atoms with Gasteiger partial charge in [-0.1, -0.05) is 92.6 Å². The van der Waals surface area contributed by atoms with Gasteiger partial charge in [0.15, 0.2) is 0 Å². The van der Waals surface area contributed by atoms with Crippen molar-refractivity contribution in [2.45, 2.75) is 38.9 Å². The fraction of sp³-hybridized carbons (Fsp3) is 0.273. The highest BCUT2D eigenvalue weighted by Crippen LogP contribution is 2.47. The lowest BCUT2D eigenvalue weighted by atomic mass is 9.98. The van der Waals surface area contributed by atoms with Crippen molar-refractivity contribution in [1.29, 1.82) is 0 Å². The molecule has 0 fully saturated rings. The van der Waals surface area contributed by atoms with Crippen LogP contribution in [0.4, 0.5) is 0 Å². The van der Waals surface area contributed by atoms with Crippen LogP contribution in [0.2, 0.25) is 18.1 Å². The van der Waals surface area contributed by atoms with Crippen molar-refractivity contribution in [3.05, 3.63) is 59.7 Å². The molecule has 23 heavy (non-hydrogen) atoms. The monoisotopic (exact) mass is 316 g/mol. The van der Waals surface area contributed by atoms with Crippen LogP contribution < -0.4 is 0 Å². The zero-order valence-corrected chi connectivity index (χ0v) is 15.3. The molecule has 1 aliphatic rings. The molecule has 0 saturated heterocycles. The summed E-state index contributed by atoms with van der Waals surface area (Å²) >= 11 is 0. The Morgan fingerprint density at radius 1 is 0.783 bits per heavy atom. The predicted molar refractivity (Wildman–Crippen MR) is 107 cm³/mol. The summed E-state index contributed by atoms with van der Waals surface area (Å²) in [4.78, 5) is 0. The van der Waals surface area contributed by atoms with Gasteiger partial charge < -0.3 is 0 Å². The van der Waals surface area contributed by atoms with E-state index in [1.54, 1.807) is 5.20 Å². The second-order valence-electron chi connectivity index (χ2n) is 6.81. The molecular weight excluding hydrogens is 292 g/mol. The Morgan fingerprint density at radius 2 is 1.48 bits per heavy atom. The molecule has 0 unspecified atom stereocenters. The number of hydrogen-bond donors (Lipinski definition) is 0. The van der Waals surface area contributed by atoms with E-state index >= 15 is 0 Å². The number of benzene rings is 3. The summed E-state index contributed by atoms with van der Waals surface area (Å²) in [5, 5.41) is 7.36. The SMILES string of the molecule is CC[Si](CC)(CC)C1=Cc2c3ccccc3cc3cccc1c23. The third-order valence-electron chi connectivity index (χ3n) is 6.11. The van der Waals surface area contributed by atoms with Crippen LogP contribution in [0.1, 0.15) is 31.9 Å². The van der Waals surface area contributed by atoms with Gasteiger partial charge in [0, 0.05) is 0 Å². The molecule has 0 spiro atoms. The molecule has 0 nitrogen and oxygen atoms in total. The van der Waals surface area contributed by atoms with Gasteiger partial charge in [-0.2, -0.15) is 0 Å². The Morgan fingerprint density at radius 3 is 2.22 bits per heavy atom. The molecule has 0 N–H and O–H groups in total. The second kappa shape index (κ2) is 5.35. The molecule has 3 aromatic carbocycles. The van der Waals surface area contributed by atoms with Crippen LogP contribution in [0.25, 0.3) is 32.8 Å². The zero-order valence-electron chi connectivity index (χ0n) is 14.3. The first-order valence-electron chi connectivity index (χ1n) is 8.91. The van der Waals surface area contributed by atoms with Crippen LogP contribution in [0.5, 0.6) is 0 Å². The largest absolute Gasteiger partial charge is 0.0867 e. The van der Waals surface area contributed by atoms with Crippen LogP contribution in [-0.2, 0) is 0 Å². The van der Waals surface area contributed by atoms with E-state index in [1.165, 1.54) is 50.8 Å². The average molecular weight is 317 g/mol. The summed E-state index contributed by atoms with van der Waals surface area (Å²) in [5.41, 5.74) is 3.00. The maximum Gasteiger partial charge on any atom is 0.0867 e. The number of hydrogen-bond acceptors (Lipinski definition) is 0. The molecule has 0 amide bonds. The Balaban J connectivity index is 2.11. The third kappa shape index (κ3) is 1.96. The van der Waals surface area contributed by atoms with Crippen LogP contribution in [-0.4, -0.2) is 8.07 Å². The fourth-order valence-corrected chi connectivity index (χ4v) is 8.39. The molecule has 0 saturated carbocycles. The van der Waals surface area contributed by atoms with Gasteiger partial charge in [-0.05, 0) is 38.7 Å². The van der Waals surface area contributed by atoms with E-state index in [9.17, 15) is 0 Å². The van der Waals surface area contributed by atoms with E-state index in [0.717, 1.165) is 0 Å². The van der Waals surface area contributed by atoms with Gasteiger partial charge in [0.05, 0.1) is 8.07 Å². The van der Waals surface area contributed by atoms with Crippen LogP contribution in [0.15, 0.2) is 48.5 Å². The highest BCUT2D eigenvalue weighted by atomic mass is 28.3. The summed E-state index contributed by atoms with van der Waals surface area (Å²) in [6.45, 7) is 7.21. The van der Waals surface area contributed by atoms with Crippen molar-refractivity contribution < 1.29 is 0 Å². The fourth-order valence-electron chi connectivity index (χ4n) is 4.52. The molecule has 4 rings (SSSR count). The third-order valence-corrected chi connectivity index (χ3v) is 11.7. The van der Waals surface area contributed by atoms with Crippen LogP contribution in [0.3, 0.4) is 0 Å². The Bertz CT molecular complexity index is 921. The van der Waals surface area contributed by atoms with Crippen molar-refractivity contribution in [1.82, 2.24) is 0 Å². The summed E-state index contributed by atoms with van der Waals surface area (Å²) in [6.07, 6.45) is 2.56. The smallest absolute Gasteiger partial charge is 0.0675 e. The molecule has 0 aromatic heterocycles. The first-order chi connectivity index (χ1) is 11.2. The second-order valence-corrected chi connectivity index (χ2v) is 12.0. The van der Waals surface area contributed by atoms with Crippen LogP contribution >= 0.6 is 0 Å². The van der Waals surface area contributed by atoms with Crippen LogP contribution in [0, 0.1) is 0 Å². The van der Waals surface area contributed by atoms with E-state index in [1.807, 2.05) is 0 Å². The van der Waals surface area contributed by atoms with Crippen molar-refractivity contribution in [3.8, 4) is 0 Å². The van der Waals surface area contributed by atoms with Crippen molar-refractivity contribution >= 4 is 40.9 Å². The molecule has 0 aliphatic heterocycles. The molecular formula is C22H24Si. The van der Waals surface area contributed by atoms with E-state index in [2.05, 4.69) is 75.4 Å². The van der Waals surface area contributed by atoms with E-state index in [0.29, 0.717) is 0 Å². The van der Waals surface area contributed by atoms with Gasteiger partial charge in [0.25, 0.3) is 0 Å². The highest BCUT2D eigenvalue weighted by molar-refractivity contribution is 6.98. The molecule has 0 atom stereocenters. The van der Waals surface area contributed by atoms with Gasteiger partial charge in [0.1, 0.15) is 0 Å². The Hall–Kier alpha value is -1.86. The maximum absolute atomic E-state index is 2.56. The predicted octanol–water partition coefficient (Wildman–Crippen LogP) is 6.89. The summed E-state index contributed by atoms with van der Waals surface area (Å²) in [7, 11) is -1.38. The van der Waals surface area contributed by atoms with E-state index < -0.39 is 8.07 Å². The topological polar surface area (TPSA) is 0 Å². The number of rotatable bonds is 4. The summed E-state index contributed by atoms with van der Waals surface area (Å²) < 4.78 is 0. The molecule has 0 bridgehead atoms. The van der Waals surface area contributed by atoms with E-state index in [4.69, 9.17) is 0 Å². The number of fused-ring (bicyclic) bond motifs is 2. The van der Waals surface area contributed by atoms with E-state index in [-0.39, 0.29) is 0 Å². The quantitative estimate of drug-likeness (QED) is 0.363. The minimum absolute atomic E-state index is 1.34. The molecule has 0 radical (unpaired) electrons. The maximum atomic E-state index is 2.56. The van der Waals surface area contributed by atoms with Gasteiger partial charge in [-0.3, -0.25) is 0 Å². The average Bonchev–Trinajstić information content (AvgIpc) is 3.00. The molecule has 0 heterocycles. The van der Waals surface area contributed by atoms with Crippen molar-refractivity contribution in [3.63, 3.8) is 0 Å². The summed E-state index contributed by atoms with van der Waals surface area (Å²) in [5.74, 6) is 0. The van der Waals surface area contributed by atoms with Gasteiger partial charge in [0.2, 0.25) is 0 Å². The first-order valence-corrected chi connectivity index (χ1v) is 11.5. The van der Waals surface area contributed by atoms with Crippen molar-refractivity contribution in [2.75, 3.05) is 0 Å². The lowest BCUT2D eigenvalue weighted by molar-refractivity contribution is 1.20. The standard InChI is InChI=1S/C22H24Si/c1-4-23(5-2,6-3)21-15-20-18-12-8-7-10-16(18)14-17-11-9-13-19(21)22(17)20/h7-15H,4-6H2,1-3H3. The lowest BCUT2D eigenvalue weighted by Crippen LogP contribution is -2.32. The van der Waals surface area contributed by atoms with Gasteiger partial charge in [-0.15, -0.1) is 0 Å². The first kappa shape index (κ1) is 14.7. The molecule has 116 valence electrons. The van der Waals surface area contributed by atoms with Gasteiger partial charge in [-0.25, -0.2) is 0 Å². The normalized spacial score (nSPS) is 13.8. The van der Waals surface area contributed by atoms with Gasteiger partial charge >= 0.3 is 0 Å².